The number of hydrogen-bond acceptors (Lipinski definition) is 2. The zero-order chi connectivity index (χ0) is 30.3. The van der Waals surface area contributed by atoms with Crippen LogP contribution < -0.4 is 0 Å². The lowest BCUT2D eigenvalue weighted by Gasteiger charge is -2.31. The first kappa shape index (κ1) is 28.2. The molecular formula is C38H42N6. The molecule has 0 atom stereocenters. The Morgan fingerprint density at radius 3 is 1.02 bits per heavy atom. The maximum Gasteiger partial charge on any atom is 0.0813 e. The number of hydrogen-bond donors (Lipinski definition) is 4. The minimum atomic E-state index is -0.196. The smallest absolute Gasteiger partial charge is 0.0813 e. The van der Waals surface area contributed by atoms with Crippen LogP contribution in [0.4, 0.5) is 0 Å². The highest BCUT2D eigenvalue weighted by atomic mass is 14.9. The van der Waals surface area contributed by atoms with E-state index in [2.05, 4.69) is 120 Å². The maximum atomic E-state index is 4.85. The quantitative estimate of drug-likeness (QED) is 0.158. The van der Waals surface area contributed by atoms with E-state index in [0.717, 1.165) is 59.8 Å². The summed E-state index contributed by atoms with van der Waals surface area (Å²) in [7, 11) is 0. The largest absolute Gasteiger partial charge is 0.361 e. The van der Waals surface area contributed by atoms with Crippen LogP contribution in [-0.4, -0.2) is 29.9 Å². The van der Waals surface area contributed by atoms with Crippen molar-refractivity contribution in [1.29, 1.82) is 0 Å². The van der Waals surface area contributed by atoms with Gasteiger partial charge in [0.05, 0.1) is 23.2 Å². The van der Waals surface area contributed by atoms with Gasteiger partial charge in [-0.3, -0.25) is 9.97 Å². The molecule has 1 aliphatic heterocycles. The van der Waals surface area contributed by atoms with E-state index >= 15 is 0 Å². The fourth-order valence-corrected chi connectivity index (χ4v) is 7.82. The van der Waals surface area contributed by atoms with Gasteiger partial charge in [-0.15, -0.1) is 0 Å². The Morgan fingerprint density at radius 1 is 0.455 bits per heavy atom. The number of aromatic nitrogens is 6. The fourth-order valence-electron chi connectivity index (χ4n) is 7.82. The van der Waals surface area contributed by atoms with Gasteiger partial charge in [-0.25, -0.2) is 0 Å². The molecule has 0 saturated heterocycles. The van der Waals surface area contributed by atoms with Crippen molar-refractivity contribution >= 4 is 0 Å². The average molecular weight is 583 g/mol. The lowest BCUT2D eigenvalue weighted by molar-refractivity contribution is 0.451. The first-order valence-electron chi connectivity index (χ1n) is 16.2. The summed E-state index contributed by atoms with van der Waals surface area (Å²) in [5.74, 6) is -0.0901. The van der Waals surface area contributed by atoms with Crippen molar-refractivity contribution in [2.75, 3.05) is 0 Å². The summed E-state index contributed by atoms with van der Waals surface area (Å²) in [6.45, 7) is 9.16. The maximum absolute atomic E-state index is 4.85. The normalized spacial score (nSPS) is 18.7. The standard InChI is InChI=1S/C38H42N6/c1-5-37(6-2)31-19-15-27(41-31)35(25-13-9-11-23-39-25)29-17-21-33(43-29)38(7-3,8-4)34-22-18-30(44-34)36(26-14-10-12-24-40-26)28-16-20-32(37)42-28/h9-24,35-36,41-44H,5-8H2,1-4H3. The second-order valence-corrected chi connectivity index (χ2v) is 12.3. The van der Waals surface area contributed by atoms with E-state index in [1.807, 2.05) is 24.5 Å². The van der Waals surface area contributed by atoms with Crippen LogP contribution in [0.3, 0.4) is 0 Å². The second kappa shape index (κ2) is 11.2. The summed E-state index contributed by atoms with van der Waals surface area (Å²) in [4.78, 5) is 25.4. The highest BCUT2D eigenvalue weighted by Gasteiger charge is 2.38. The molecule has 7 heterocycles. The van der Waals surface area contributed by atoms with Gasteiger partial charge in [0, 0.05) is 68.8 Å². The number of aromatic amines is 4. The van der Waals surface area contributed by atoms with Gasteiger partial charge in [-0.1, -0.05) is 39.8 Å². The molecule has 44 heavy (non-hydrogen) atoms. The number of rotatable bonds is 6. The molecule has 6 nitrogen and oxygen atoms in total. The molecule has 1 aliphatic rings. The summed E-state index contributed by atoms with van der Waals surface area (Å²) in [5, 5.41) is 0. The van der Waals surface area contributed by atoms with Gasteiger partial charge in [0.1, 0.15) is 0 Å². The minimum Gasteiger partial charge on any atom is -0.361 e. The Labute approximate surface area is 259 Å². The van der Waals surface area contributed by atoms with Crippen molar-refractivity contribution in [1.82, 2.24) is 29.9 Å². The number of pyridine rings is 2. The average Bonchev–Trinajstić information content (AvgIpc) is 3.90. The van der Waals surface area contributed by atoms with Crippen LogP contribution in [0.1, 0.15) is 122 Å². The van der Waals surface area contributed by atoms with Crippen molar-refractivity contribution in [2.24, 2.45) is 0 Å². The predicted octanol–water partition coefficient (Wildman–Crippen LogP) is 8.68. The third-order valence-corrected chi connectivity index (χ3v) is 10.5. The lowest BCUT2D eigenvalue weighted by atomic mass is 9.76. The van der Waals surface area contributed by atoms with Crippen molar-refractivity contribution in [2.45, 2.75) is 76.0 Å². The van der Waals surface area contributed by atoms with Gasteiger partial charge in [0.25, 0.3) is 0 Å². The van der Waals surface area contributed by atoms with E-state index < -0.39 is 0 Å². The zero-order valence-electron chi connectivity index (χ0n) is 26.1. The molecule has 7 rings (SSSR count). The van der Waals surface area contributed by atoms with Crippen molar-refractivity contribution in [3.8, 4) is 0 Å². The highest BCUT2D eigenvalue weighted by Crippen LogP contribution is 2.44. The molecule has 6 aromatic heterocycles. The molecule has 224 valence electrons. The number of nitrogens with one attached hydrogen (secondary N) is 4. The molecule has 0 radical (unpaired) electrons. The third kappa shape index (κ3) is 4.30. The van der Waals surface area contributed by atoms with E-state index in [1.54, 1.807) is 0 Å². The minimum absolute atomic E-state index is 0.0450. The van der Waals surface area contributed by atoms with E-state index in [1.165, 1.54) is 22.8 Å². The summed E-state index contributed by atoms with van der Waals surface area (Å²) < 4.78 is 0. The second-order valence-electron chi connectivity index (χ2n) is 12.3. The first-order valence-corrected chi connectivity index (χ1v) is 16.2. The zero-order valence-corrected chi connectivity index (χ0v) is 26.1. The topological polar surface area (TPSA) is 88.9 Å². The molecule has 0 aliphatic carbocycles. The number of nitrogens with zero attached hydrogens (tertiary/aromatic N) is 2. The van der Waals surface area contributed by atoms with E-state index in [0.29, 0.717) is 0 Å². The van der Waals surface area contributed by atoms with Crippen molar-refractivity contribution < 1.29 is 0 Å². The van der Waals surface area contributed by atoms with Gasteiger partial charge < -0.3 is 19.9 Å². The van der Waals surface area contributed by atoms with Gasteiger partial charge in [0.15, 0.2) is 0 Å². The van der Waals surface area contributed by atoms with Crippen LogP contribution in [0.15, 0.2) is 97.3 Å². The first-order chi connectivity index (χ1) is 21.6. The third-order valence-electron chi connectivity index (χ3n) is 10.5. The Balaban J connectivity index is 1.51. The fraction of sp³-hybridized carbons (Fsp3) is 0.316. The van der Waals surface area contributed by atoms with Crippen LogP contribution in [0.2, 0.25) is 0 Å². The Bertz CT molecular complexity index is 1600. The molecule has 0 aromatic carbocycles. The number of H-pyrrole nitrogens is 4. The monoisotopic (exact) mass is 582 g/mol. The molecule has 6 heteroatoms. The summed E-state index contributed by atoms with van der Waals surface area (Å²) >= 11 is 0. The lowest BCUT2D eigenvalue weighted by Crippen LogP contribution is -2.28. The SMILES string of the molecule is CCC1(CC)c2ccc([nH]2)C(c2ccccn2)c2ccc([nH]2)C(CC)(CC)c2ccc([nH]2)C(c2ccccn2)c2ccc1[nH]2. The molecule has 4 N–H and O–H groups in total. The predicted molar refractivity (Wildman–Crippen MR) is 176 cm³/mol. The van der Waals surface area contributed by atoms with E-state index in [4.69, 9.17) is 9.97 Å². The van der Waals surface area contributed by atoms with E-state index in [9.17, 15) is 0 Å². The Morgan fingerprint density at radius 2 is 0.773 bits per heavy atom. The van der Waals surface area contributed by atoms with Gasteiger partial charge in [-0.05, 0) is 98.5 Å². The Kier molecular flexibility index (Phi) is 7.16. The molecule has 0 amide bonds. The van der Waals surface area contributed by atoms with Crippen molar-refractivity contribution in [3.63, 3.8) is 0 Å². The van der Waals surface area contributed by atoms with Crippen LogP contribution >= 0.6 is 0 Å². The number of fused-ring (bicyclic) bond motifs is 8. The van der Waals surface area contributed by atoms with Crippen LogP contribution in [0, 0.1) is 0 Å². The molecule has 6 aromatic rings. The molecule has 0 unspecified atom stereocenters. The molecule has 8 bridgehead atoms. The van der Waals surface area contributed by atoms with Gasteiger partial charge >= 0.3 is 0 Å². The van der Waals surface area contributed by atoms with Crippen molar-refractivity contribution in [3.05, 3.63) is 154 Å². The molecule has 0 saturated carbocycles. The summed E-state index contributed by atoms with van der Waals surface area (Å²) in [6.07, 6.45) is 7.63. The Hall–Kier alpha value is -4.58. The highest BCUT2D eigenvalue weighted by molar-refractivity contribution is 5.45. The molecule has 0 fully saturated rings. The van der Waals surface area contributed by atoms with Crippen LogP contribution in [-0.2, 0) is 10.8 Å². The molecular weight excluding hydrogens is 540 g/mol. The molecule has 0 spiro atoms. The van der Waals surface area contributed by atoms with Gasteiger partial charge in [-0.2, -0.15) is 0 Å². The summed E-state index contributed by atoms with van der Waals surface area (Å²) in [5.41, 5.74) is 11.1. The van der Waals surface area contributed by atoms with Gasteiger partial charge in [0.2, 0.25) is 0 Å². The van der Waals surface area contributed by atoms with Crippen LogP contribution in [0.25, 0.3) is 0 Å². The van der Waals surface area contributed by atoms with Crippen LogP contribution in [0.5, 0.6) is 0 Å². The summed E-state index contributed by atoms with van der Waals surface area (Å²) in [6, 6.07) is 30.6. The van der Waals surface area contributed by atoms with E-state index in [-0.39, 0.29) is 22.7 Å².